The van der Waals surface area contributed by atoms with Crippen LogP contribution in [0.25, 0.3) is 15.9 Å². The van der Waals surface area contributed by atoms with Gasteiger partial charge in [0.05, 0.1) is 26.7 Å². The highest BCUT2D eigenvalue weighted by atomic mass is 35.5. The van der Waals surface area contributed by atoms with Crippen LogP contribution in [-0.2, 0) is 10.0 Å². The highest BCUT2D eigenvalue weighted by Crippen LogP contribution is 2.28. The van der Waals surface area contributed by atoms with Crippen molar-refractivity contribution in [1.29, 1.82) is 0 Å². The third-order valence-electron chi connectivity index (χ3n) is 4.51. The fraction of sp³-hybridized carbons (Fsp3) is 0.0526. The number of sulfonamides is 1. The Hall–Kier alpha value is -2.59. The molecule has 0 bridgehead atoms. The molecule has 0 aliphatic rings. The van der Waals surface area contributed by atoms with Crippen LogP contribution < -0.4 is 15.6 Å². The molecular weight excluding hydrogens is 469 g/mol. The van der Waals surface area contributed by atoms with Gasteiger partial charge in [-0.05, 0) is 47.8 Å². The van der Waals surface area contributed by atoms with Crippen molar-refractivity contribution in [3.05, 3.63) is 84.8 Å². The molecular formula is C19H13Cl2N3O4S2. The Bertz CT molecular complexity index is 1510. The van der Waals surface area contributed by atoms with Gasteiger partial charge in [0, 0.05) is 12.1 Å². The zero-order valence-electron chi connectivity index (χ0n) is 15.3. The summed E-state index contributed by atoms with van der Waals surface area (Å²) in [6, 6.07) is 11.8. The van der Waals surface area contributed by atoms with Crippen LogP contribution in [0, 0.1) is 0 Å². The maximum atomic E-state index is 13.1. The molecule has 7 nitrogen and oxygen atoms in total. The van der Waals surface area contributed by atoms with Crippen LogP contribution in [0.15, 0.2) is 68.4 Å². The summed E-state index contributed by atoms with van der Waals surface area (Å²) in [5, 5.41) is 2.42. The molecule has 30 heavy (non-hydrogen) atoms. The van der Waals surface area contributed by atoms with Gasteiger partial charge in [0.2, 0.25) is 0 Å². The summed E-state index contributed by atoms with van der Waals surface area (Å²) in [5.41, 5.74) is -0.977. The molecule has 1 N–H and O–H groups in total. The van der Waals surface area contributed by atoms with Crippen LogP contribution in [0.4, 0.5) is 5.69 Å². The van der Waals surface area contributed by atoms with Crippen molar-refractivity contribution in [2.24, 2.45) is 0 Å². The molecule has 0 aliphatic heterocycles. The number of halogens is 2. The Kier molecular flexibility index (Phi) is 5.23. The SMILES string of the molecule is CN(c1cccc(Cl)c1)S(=O)(=O)c1ccc(Cl)c(-n2c(=O)[nH]c3sccc3c2=O)c1. The molecule has 4 rings (SSSR count). The first-order valence-electron chi connectivity index (χ1n) is 8.47. The summed E-state index contributed by atoms with van der Waals surface area (Å²) in [6.07, 6.45) is 0. The largest absolute Gasteiger partial charge is 0.334 e. The highest BCUT2D eigenvalue weighted by Gasteiger charge is 2.24. The van der Waals surface area contributed by atoms with E-state index in [2.05, 4.69) is 4.98 Å². The molecule has 0 spiro atoms. The maximum absolute atomic E-state index is 13.1. The van der Waals surface area contributed by atoms with E-state index in [-0.39, 0.29) is 15.6 Å². The van der Waals surface area contributed by atoms with Gasteiger partial charge in [0.1, 0.15) is 4.83 Å². The number of hydrogen-bond donors (Lipinski definition) is 1. The van der Waals surface area contributed by atoms with Crippen molar-refractivity contribution in [3.8, 4) is 5.69 Å². The Morgan fingerprint density at radius 1 is 1.07 bits per heavy atom. The summed E-state index contributed by atoms with van der Waals surface area (Å²) in [6.45, 7) is 0. The molecule has 0 saturated heterocycles. The van der Waals surface area contributed by atoms with Crippen molar-refractivity contribution in [3.63, 3.8) is 0 Å². The number of thiophene rings is 1. The fourth-order valence-electron chi connectivity index (χ4n) is 2.95. The number of benzene rings is 2. The monoisotopic (exact) mass is 481 g/mol. The number of rotatable bonds is 4. The van der Waals surface area contributed by atoms with E-state index < -0.39 is 21.3 Å². The molecule has 0 saturated carbocycles. The molecule has 4 aromatic rings. The van der Waals surface area contributed by atoms with E-state index in [1.165, 1.54) is 42.6 Å². The van der Waals surface area contributed by atoms with Gasteiger partial charge in [-0.2, -0.15) is 0 Å². The lowest BCUT2D eigenvalue weighted by molar-refractivity contribution is 0.594. The Morgan fingerprint density at radius 2 is 1.83 bits per heavy atom. The summed E-state index contributed by atoms with van der Waals surface area (Å²) in [5.74, 6) is 0. The molecule has 0 amide bonds. The van der Waals surface area contributed by atoms with Gasteiger partial charge >= 0.3 is 5.69 Å². The topological polar surface area (TPSA) is 92.2 Å². The van der Waals surface area contributed by atoms with E-state index in [1.807, 2.05) is 0 Å². The maximum Gasteiger partial charge on any atom is 0.334 e. The normalized spacial score (nSPS) is 11.7. The average Bonchev–Trinajstić information content (AvgIpc) is 3.17. The minimum Gasteiger partial charge on any atom is -0.298 e. The molecule has 2 aromatic carbocycles. The molecule has 154 valence electrons. The van der Waals surface area contributed by atoms with Crippen LogP contribution in [0.2, 0.25) is 10.0 Å². The second-order valence-corrected chi connectivity index (χ2v) is 10.0. The van der Waals surface area contributed by atoms with E-state index in [1.54, 1.807) is 29.6 Å². The number of hydrogen-bond acceptors (Lipinski definition) is 5. The lowest BCUT2D eigenvalue weighted by Gasteiger charge is -2.20. The van der Waals surface area contributed by atoms with Gasteiger partial charge in [0.15, 0.2) is 0 Å². The van der Waals surface area contributed by atoms with E-state index in [0.717, 1.165) is 8.87 Å². The predicted molar refractivity (Wildman–Crippen MR) is 120 cm³/mol. The number of nitrogens with zero attached hydrogens (tertiary/aromatic N) is 2. The molecule has 2 aromatic heterocycles. The number of aromatic amines is 1. The predicted octanol–water partition coefficient (Wildman–Crippen LogP) is 3.87. The Balaban J connectivity index is 1.89. The van der Waals surface area contributed by atoms with Gasteiger partial charge in [-0.3, -0.25) is 14.1 Å². The number of nitrogens with one attached hydrogen (secondary N) is 1. The molecule has 0 atom stereocenters. The smallest absolute Gasteiger partial charge is 0.298 e. The van der Waals surface area contributed by atoms with Crippen molar-refractivity contribution >= 4 is 60.5 Å². The van der Waals surface area contributed by atoms with Crippen LogP contribution in [0.1, 0.15) is 0 Å². The second-order valence-electron chi connectivity index (χ2n) is 6.30. The van der Waals surface area contributed by atoms with Crippen molar-refractivity contribution in [2.45, 2.75) is 4.90 Å². The summed E-state index contributed by atoms with van der Waals surface area (Å²) < 4.78 is 28.2. The van der Waals surface area contributed by atoms with E-state index in [0.29, 0.717) is 20.9 Å². The minimum absolute atomic E-state index is 0.0309. The number of anilines is 1. The lowest BCUT2D eigenvalue weighted by atomic mass is 10.3. The first kappa shape index (κ1) is 20.7. The van der Waals surface area contributed by atoms with Gasteiger partial charge in [-0.25, -0.2) is 17.8 Å². The van der Waals surface area contributed by atoms with Gasteiger partial charge in [0.25, 0.3) is 15.6 Å². The third kappa shape index (κ3) is 3.43. The van der Waals surface area contributed by atoms with E-state index in [4.69, 9.17) is 23.2 Å². The molecule has 0 aliphatic carbocycles. The molecule has 0 radical (unpaired) electrons. The van der Waals surface area contributed by atoms with Crippen molar-refractivity contribution in [2.75, 3.05) is 11.4 Å². The molecule has 0 fully saturated rings. The quantitative estimate of drug-likeness (QED) is 0.478. The Morgan fingerprint density at radius 3 is 2.57 bits per heavy atom. The molecule has 11 heteroatoms. The molecule has 2 heterocycles. The van der Waals surface area contributed by atoms with E-state index in [9.17, 15) is 18.0 Å². The fourth-order valence-corrected chi connectivity index (χ4v) is 5.32. The van der Waals surface area contributed by atoms with Crippen molar-refractivity contribution < 1.29 is 8.42 Å². The first-order chi connectivity index (χ1) is 14.2. The zero-order chi connectivity index (χ0) is 21.6. The number of H-pyrrole nitrogens is 1. The minimum atomic E-state index is -4.02. The van der Waals surface area contributed by atoms with Gasteiger partial charge in [-0.1, -0.05) is 29.3 Å². The highest BCUT2D eigenvalue weighted by molar-refractivity contribution is 7.92. The van der Waals surface area contributed by atoms with E-state index >= 15 is 0 Å². The standard InChI is InChI=1S/C19H13Cl2N3O4S2/c1-23(12-4-2-3-11(20)9-12)30(27,28)13-5-6-15(21)16(10-13)24-18(25)14-7-8-29-17(14)22-19(24)26/h2-10H,1H3,(H,22,26). The van der Waals surface area contributed by atoms with Crippen LogP contribution >= 0.6 is 34.5 Å². The van der Waals surface area contributed by atoms with Crippen molar-refractivity contribution in [1.82, 2.24) is 9.55 Å². The van der Waals surface area contributed by atoms with Gasteiger partial charge < -0.3 is 0 Å². The second kappa shape index (κ2) is 7.59. The summed E-state index contributed by atoms with van der Waals surface area (Å²) in [4.78, 5) is 28.3. The van der Waals surface area contributed by atoms with Crippen LogP contribution in [0.3, 0.4) is 0 Å². The summed E-state index contributed by atoms with van der Waals surface area (Å²) in [7, 11) is -2.64. The van der Waals surface area contributed by atoms with Crippen LogP contribution in [0.5, 0.6) is 0 Å². The average molecular weight is 482 g/mol. The first-order valence-corrected chi connectivity index (χ1v) is 11.5. The third-order valence-corrected chi connectivity index (χ3v) is 7.68. The lowest BCUT2D eigenvalue weighted by Crippen LogP contribution is -2.33. The van der Waals surface area contributed by atoms with Gasteiger partial charge in [-0.15, -0.1) is 11.3 Å². The number of fused-ring (bicyclic) bond motifs is 1. The zero-order valence-corrected chi connectivity index (χ0v) is 18.4. The van der Waals surface area contributed by atoms with Crippen LogP contribution in [-0.4, -0.2) is 25.0 Å². The molecule has 0 unspecified atom stereocenters. The summed E-state index contributed by atoms with van der Waals surface area (Å²) >= 11 is 13.4. The number of aromatic nitrogens is 2. The Labute approximate surface area is 184 Å².